The average molecular weight is 331 g/mol. The van der Waals surface area contributed by atoms with Crippen molar-refractivity contribution in [1.82, 2.24) is 14.9 Å². The second kappa shape index (κ2) is 7.99. The predicted molar refractivity (Wildman–Crippen MR) is 96.6 cm³/mol. The number of aromatic nitrogens is 2. The van der Waals surface area contributed by atoms with E-state index in [9.17, 15) is 0 Å². The molecule has 1 fully saturated rings. The summed E-state index contributed by atoms with van der Waals surface area (Å²) in [5.74, 6) is 0.930. The molecule has 5 heteroatoms. The summed E-state index contributed by atoms with van der Waals surface area (Å²) in [7, 11) is 1.76. The first-order chi connectivity index (χ1) is 11.7. The van der Waals surface area contributed by atoms with Gasteiger partial charge >= 0.3 is 0 Å². The molecule has 1 atom stereocenters. The number of ether oxygens (including phenoxy) is 2. The Kier molecular flexibility index (Phi) is 5.74. The molecule has 2 aromatic rings. The minimum absolute atomic E-state index is 0.310. The van der Waals surface area contributed by atoms with Crippen molar-refractivity contribution >= 4 is 11.0 Å². The van der Waals surface area contributed by atoms with Gasteiger partial charge in [0.25, 0.3) is 0 Å². The summed E-state index contributed by atoms with van der Waals surface area (Å²) in [6.45, 7) is 6.69. The molecule has 0 saturated heterocycles. The monoisotopic (exact) mass is 331 g/mol. The van der Waals surface area contributed by atoms with Gasteiger partial charge in [0.2, 0.25) is 0 Å². The highest BCUT2D eigenvalue weighted by molar-refractivity contribution is 5.85. The maximum absolute atomic E-state index is 5.87. The van der Waals surface area contributed by atoms with E-state index < -0.39 is 0 Å². The Balaban J connectivity index is 1.90. The normalized spacial score (nSPS) is 15.8. The molecule has 132 valence electrons. The highest BCUT2D eigenvalue weighted by Gasteiger charge is 2.26. The quantitative estimate of drug-likeness (QED) is 0.675. The fourth-order valence-electron chi connectivity index (χ4n) is 3.21. The van der Waals surface area contributed by atoms with Crippen molar-refractivity contribution in [2.24, 2.45) is 0 Å². The van der Waals surface area contributed by atoms with Crippen LogP contribution in [0.5, 0.6) is 5.75 Å². The third-order valence-corrected chi connectivity index (χ3v) is 4.57. The van der Waals surface area contributed by atoms with Gasteiger partial charge in [-0.3, -0.25) is 4.98 Å². The first-order valence-electron chi connectivity index (χ1n) is 9.10. The highest BCUT2D eigenvalue weighted by Crippen LogP contribution is 2.33. The minimum Gasteiger partial charge on any atom is -0.492 e. The second-order valence-electron chi connectivity index (χ2n) is 6.58. The number of unbranched alkanes of at least 4 members (excludes halogenated alkanes) is 1. The molecule has 0 spiro atoms. The number of hydrogen-bond donors (Lipinski definition) is 1. The Morgan fingerprint density at radius 1 is 1.38 bits per heavy atom. The highest BCUT2D eigenvalue weighted by atomic mass is 16.5. The summed E-state index contributed by atoms with van der Waals surface area (Å²) >= 11 is 0. The van der Waals surface area contributed by atoms with Gasteiger partial charge < -0.3 is 19.4 Å². The molecule has 1 saturated carbocycles. The van der Waals surface area contributed by atoms with E-state index in [1.165, 1.54) is 18.4 Å². The standard InChI is InChI=1S/C19H29N3O2/c1-4-24-17-9-10-20-18-16(14(2)21-15-7-8-15)13-22(19(17)18)11-5-6-12-23-3/h9-10,13-15,21H,4-8,11-12H2,1-3H3. The van der Waals surface area contributed by atoms with E-state index in [1.54, 1.807) is 7.11 Å². The molecule has 0 bridgehead atoms. The van der Waals surface area contributed by atoms with E-state index in [-0.39, 0.29) is 0 Å². The second-order valence-corrected chi connectivity index (χ2v) is 6.58. The van der Waals surface area contributed by atoms with Gasteiger partial charge in [-0.15, -0.1) is 0 Å². The number of nitrogens with zero attached hydrogens (tertiary/aromatic N) is 2. The summed E-state index contributed by atoms with van der Waals surface area (Å²) in [5.41, 5.74) is 3.45. The first-order valence-corrected chi connectivity index (χ1v) is 9.10. The van der Waals surface area contributed by atoms with Crippen molar-refractivity contribution in [2.45, 2.75) is 58.2 Å². The zero-order valence-electron chi connectivity index (χ0n) is 15.0. The molecule has 1 unspecified atom stereocenters. The molecule has 1 aliphatic rings. The van der Waals surface area contributed by atoms with Gasteiger partial charge in [-0.1, -0.05) is 0 Å². The number of methoxy groups -OCH3 is 1. The predicted octanol–water partition coefficient (Wildman–Crippen LogP) is 3.67. The lowest BCUT2D eigenvalue weighted by Crippen LogP contribution is -2.20. The Morgan fingerprint density at radius 3 is 2.92 bits per heavy atom. The molecular weight excluding hydrogens is 302 g/mol. The third-order valence-electron chi connectivity index (χ3n) is 4.57. The van der Waals surface area contributed by atoms with Crippen LogP contribution in [0.4, 0.5) is 0 Å². The lowest BCUT2D eigenvalue weighted by molar-refractivity contribution is 0.191. The molecule has 2 heterocycles. The fraction of sp³-hybridized carbons (Fsp3) is 0.632. The van der Waals surface area contributed by atoms with Crippen LogP contribution in [0.3, 0.4) is 0 Å². The van der Waals surface area contributed by atoms with Gasteiger partial charge in [0.1, 0.15) is 11.3 Å². The fourth-order valence-corrected chi connectivity index (χ4v) is 3.21. The number of hydrogen-bond acceptors (Lipinski definition) is 4. The average Bonchev–Trinajstić information content (AvgIpc) is 3.31. The summed E-state index contributed by atoms with van der Waals surface area (Å²) in [6, 6.07) is 2.96. The zero-order valence-corrected chi connectivity index (χ0v) is 15.0. The van der Waals surface area contributed by atoms with Crippen molar-refractivity contribution in [3.8, 4) is 5.75 Å². The van der Waals surface area contributed by atoms with E-state index >= 15 is 0 Å². The van der Waals surface area contributed by atoms with Crippen LogP contribution in [0.25, 0.3) is 11.0 Å². The molecule has 1 aliphatic carbocycles. The van der Waals surface area contributed by atoms with Crippen LogP contribution in [0.15, 0.2) is 18.5 Å². The van der Waals surface area contributed by atoms with Crippen LogP contribution in [0, 0.1) is 0 Å². The van der Waals surface area contributed by atoms with Crippen LogP contribution in [0.1, 0.15) is 51.1 Å². The van der Waals surface area contributed by atoms with Crippen LogP contribution in [0.2, 0.25) is 0 Å². The van der Waals surface area contributed by atoms with Gasteiger partial charge in [-0.05, 0) is 39.5 Å². The molecule has 0 radical (unpaired) electrons. The van der Waals surface area contributed by atoms with Crippen LogP contribution >= 0.6 is 0 Å². The Bertz CT molecular complexity index is 664. The molecule has 3 rings (SSSR count). The Morgan fingerprint density at radius 2 is 2.21 bits per heavy atom. The molecular formula is C19H29N3O2. The maximum Gasteiger partial charge on any atom is 0.146 e. The van der Waals surface area contributed by atoms with Crippen LogP contribution < -0.4 is 10.1 Å². The Labute approximate surface area is 144 Å². The van der Waals surface area contributed by atoms with Gasteiger partial charge in [0, 0.05) is 56.4 Å². The van der Waals surface area contributed by atoms with Crippen molar-refractivity contribution < 1.29 is 9.47 Å². The number of nitrogens with one attached hydrogen (secondary N) is 1. The SMILES string of the molecule is CCOc1ccnc2c(C(C)NC3CC3)cn(CCCCOC)c12. The molecule has 0 aromatic carbocycles. The van der Waals surface area contributed by atoms with Crippen LogP contribution in [-0.2, 0) is 11.3 Å². The molecule has 0 amide bonds. The van der Waals surface area contributed by atoms with Crippen molar-refractivity contribution in [1.29, 1.82) is 0 Å². The molecule has 24 heavy (non-hydrogen) atoms. The van der Waals surface area contributed by atoms with E-state index in [0.29, 0.717) is 18.7 Å². The van der Waals surface area contributed by atoms with E-state index in [0.717, 1.165) is 42.8 Å². The third kappa shape index (κ3) is 3.90. The van der Waals surface area contributed by atoms with E-state index in [1.807, 2.05) is 19.2 Å². The summed E-state index contributed by atoms with van der Waals surface area (Å²) < 4.78 is 13.3. The van der Waals surface area contributed by atoms with Gasteiger partial charge in [0.05, 0.1) is 12.1 Å². The van der Waals surface area contributed by atoms with Gasteiger partial charge in [0.15, 0.2) is 0 Å². The molecule has 1 N–H and O–H groups in total. The Hall–Kier alpha value is -1.59. The lowest BCUT2D eigenvalue weighted by Gasteiger charge is -2.11. The summed E-state index contributed by atoms with van der Waals surface area (Å²) in [6.07, 6.45) is 8.84. The van der Waals surface area contributed by atoms with Gasteiger partial charge in [-0.25, -0.2) is 0 Å². The first kappa shape index (κ1) is 17.2. The van der Waals surface area contributed by atoms with E-state index in [4.69, 9.17) is 9.47 Å². The number of aryl methyl sites for hydroxylation is 1. The molecule has 2 aromatic heterocycles. The number of rotatable bonds is 10. The molecule has 5 nitrogen and oxygen atoms in total. The van der Waals surface area contributed by atoms with Crippen molar-refractivity contribution in [3.05, 3.63) is 24.0 Å². The zero-order chi connectivity index (χ0) is 16.9. The minimum atomic E-state index is 0.310. The lowest BCUT2D eigenvalue weighted by atomic mass is 10.1. The smallest absolute Gasteiger partial charge is 0.146 e. The topological polar surface area (TPSA) is 48.3 Å². The number of pyridine rings is 1. The van der Waals surface area contributed by atoms with E-state index in [2.05, 4.69) is 28.0 Å². The van der Waals surface area contributed by atoms with Crippen molar-refractivity contribution in [2.75, 3.05) is 20.3 Å². The summed E-state index contributed by atoms with van der Waals surface area (Å²) in [4.78, 5) is 4.67. The van der Waals surface area contributed by atoms with Crippen LogP contribution in [-0.4, -0.2) is 35.9 Å². The largest absolute Gasteiger partial charge is 0.492 e. The summed E-state index contributed by atoms with van der Waals surface area (Å²) in [5, 5.41) is 3.69. The maximum atomic E-state index is 5.87. The molecule has 0 aliphatic heterocycles. The van der Waals surface area contributed by atoms with Gasteiger partial charge in [-0.2, -0.15) is 0 Å². The number of fused-ring (bicyclic) bond motifs is 1. The van der Waals surface area contributed by atoms with Crippen molar-refractivity contribution in [3.63, 3.8) is 0 Å².